The zero-order chi connectivity index (χ0) is 16.7. The Kier molecular flexibility index (Phi) is 3.48. The Labute approximate surface area is 139 Å². The third-order valence-electron chi connectivity index (χ3n) is 4.56. The maximum Gasteiger partial charge on any atom is 0.358 e. The number of hydrogen-bond donors (Lipinski definition) is 1. The maximum atomic E-state index is 12.6. The number of nitrogens with zero attached hydrogens (tertiary/aromatic N) is 3. The highest BCUT2D eigenvalue weighted by Crippen LogP contribution is 2.27. The molecule has 0 fully saturated rings. The summed E-state index contributed by atoms with van der Waals surface area (Å²) in [5.41, 5.74) is 2.62. The first kappa shape index (κ1) is 14.7. The fraction of sp³-hybridized carbons (Fsp3) is 0.353. The lowest BCUT2D eigenvalue weighted by Gasteiger charge is -2.16. The van der Waals surface area contributed by atoms with E-state index in [1.807, 2.05) is 28.8 Å². The lowest BCUT2D eigenvalue weighted by Crippen LogP contribution is -2.31. The van der Waals surface area contributed by atoms with Crippen LogP contribution in [0.3, 0.4) is 0 Å². The molecule has 0 spiro atoms. The largest absolute Gasteiger partial charge is 0.464 e. The van der Waals surface area contributed by atoms with Crippen molar-refractivity contribution in [1.82, 2.24) is 14.5 Å². The van der Waals surface area contributed by atoms with Crippen LogP contribution in [-0.4, -0.2) is 33.6 Å². The van der Waals surface area contributed by atoms with E-state index in [0.29, 0.717) is 18.8 Å². The van der Waals surface area contributed by atoms with Crippen molar-refractivity contribution in [2.75, 3.05) is 12.4 Å². The number of nitrogens with one attached hydrogen (secondary N) is 1. The number of esters is 1. The number of benzene rings is 1. The normalized spacial score (nSPS) is 15.1. The molecule has 0 saturated heterocycles. The molecule has 124 valence electrons. The van der Waals surface area contributed by atoms with E-state index in [1.54, 1.807) is 4.90 Å². The molecular weight excluding hydrogens is 308 g/mol. The van der Waals surface area contributed by atoms with Crippen LogP contribution in [0.2, 0.25) is 0 Å². The van der Waals surface area contributed by atoms with Gasteiger partial charge in [0.2, 0.25) is 0 Å². The number of rotatable bonds is 2. The highest BCUT2D eigenvalue weighted by Gasteiger charge is 2.29. The van der Waals surface area contributed by atoms with Crippen LogP contribution in [-0.2, 0) is 30.8 Å². The third kappa shape index (κ3) is 2.33. The Balaban J connectivity index is 1.56. The molecule has 0 aliphatic carbocycles. The molecule has 0 unspecified atom stereocenters. The monoisotopic (exact) mass is 326 g/mol. The summed E-state index contributed by atoms with van der Waals surface area (Å²) < 4.78 is 6.69. The number of fused-ring (bicyclic) bond motifs is 2. The van der Waals surface area contributed by atoms with E-state index in [9.17, 15) is 9.59 Å². The summed E-state index contributed by atoms with van der Waals surface area (Å²) in [5.74, 6) is 0.628. The number of amides is 2. The number of aromatic nitrogens is 2. The van der Waals surface area contributed by atoms with Gasteiger partial charge in [-0.3, -0.25) is 5.32 Å². The lowest BCUT2D eigenvalue weighted by molar-refractivity contribution is 0.0590. The molecule has 1 N–H and O–H groups in total. The van der Waals surface area contributed by atoms with Gasteiger partial charge in [0, 0.05) is 26.1 Å². The van der Waals surface area contributed by atoms with Gasteiger partial charge in [0.1, 0.15) is 5.82 Å². The van der Waals surface area contributed by atoms with Crippen LogP contribution in [0.4, 0.5) is 10.6 Å². The molecule has 3 heterocycles. The zero-order valence-corrected chi connectivity index (χ0v) is 13.4. The molecule has 2 amide bonds. The molecule has 7 heteroatoms. The summed E-state index contributed by atoms with van der Waals surface area (Å²) in [6.45, 7) is 1.84. The Morgan fingerprint density at radius 3 is 2.58 bits per heavy atom. The number of imidazole rings is 1. The number of carbonyl (C=O) groups is 2. The van der Waals surface area contributed by atoms with Gasteiger partial charge < -0.3 is 14.2 Å². The fourth-order valence-electron chi connectivity index (χ4n) is 3.37. The third-order valence-corrected chi connectivity index (χ3v) is 4.56. The molecule has 0 bridgehead atoms. The van der Waals surface area contributed by atoms with Gasteiger partial charge in [0.25, 0.3) is 0 Å². The van der Waals surface area contributed by atoms with Crippen molar-refractivity contribution in [3.05, 3.63) is 46.9 Å². The predicted molar refractivity (Wildman–Crippen MR) is 86.6 cm³/mol. The van der Waals surface area contributed by atoms with Crippen LogP contribution in [0.15, 0.2) is 24.3 Å². The van der Waals surface area contributed by atoms with E-state index in [1.165, 1.54) is 7.11 Å². The summed E-state index contributed by atoms with van der Waals surface area (Å²) in [6.07, 6.45) is 1.75. The maximum absolute atomic E-state index is 12.6. The smallest absolute Gasteiger partial charge is 0.358 e. The Morgan fingerprint density at radius 2 is 1.92 bits per heavy atom. The molecular formula is C17H18N4O3. The summed E-state index contributed by atoms with van der Waals surface area (Å²) in [6, 6.07) is 7.72. The van der Waals surface area contributed by atoms with Gasteiger partial charge in [0.15, 0.2) is 11.5 Å². The fourth-order valence-corrected chi connectivity index (χ4v) is 3.37. The molecule has 1 aromatic carbocycles. The summed E-state index contributed by atoms with van der Waals surface area (Å²) in [4.78, 5) is 30.8. The van der Waals surface area contributed by atoms with Crippen molar-refractivity contribution >= 4 is 17.8 Å². The first-order valence-electron chi connectivity index (χ1n) is 7.98. The number of carbonyl (C=O) groups excluding carboxylic acids is 2. The van der Waals surface area contributed by atoms with Gasteiger partial charge in [-0.25, -0.2) is 14.6 Å². The van der Waals surface area contributed by atoms with Crippen molar-refractivity contribution in [3.63, 3.8) is 0 Å². The van der Waals surface area contributed by atoms with Crippen LogP contribution in [0.1, 0.15) is 33.9 Å². The standard InChI is InChI=1S/C17H18N4O3/c1-24-16(22)14-15(18-13-7-4-8-21(13)14)19-17(23)20-9-11-5-2-3-6-12(11)10-20/h2-3,5-6H,4,7-10H2,1H3,(H,19,23). The minimum Gasteiger partial charge on any atom is -0.464 e. The van der Waals surface area contributed by atoms with Crippen molar-refractivity contribution in [1.29, 1.82) is 0 Å². The number of anilines is 1. The van der Waals surface area contributed by atoms with Gasteiger partial charge in [-0.2, -0.15) is 0 Å². The van der Waals surface area contributed by atoms with Crippen molar-refractivity contribution in [2.24, 2.45) is 0 Å². The number of urea groups is 1. The van der Waals surface area contributed by atoms with Gasteiger partial charge in [-0.1, -0.05) is 24.3 Å². The average Bonchev–Trinajstić information content (AvgIpc) is 3.27. The van der Waals surface area contributed by atoms with Crippen LogP contribution in [0.5, 0.6) is 0 Å². The van der Waals surface area contributed by atoms with Crippen LogP contribution in [0, 0.1) is 0 Å². The summed E-state index contributed by atoms with van der Waals surface area (Å²) in [5, 5.41) is 2.79. The van der Waals surface area contributed by atoms with Gasteiger partial charge >= 0.3 is 12.0 Å². The number of aryl methyl sites for hydroxylation is 1. The van der Waals surface area contributed by atoms with Crippen molar-refractivity contribution in [2.45, 2.75) is 32.5 Å². The molecule has 24 heavy (non-hydrogen) atoms. The molecule has 4 rings (SSSR count). The molecule has 0 atom stereocenters. The average molecular weight is 326 g/mol. The zero-order valence-electron chi connectivity index (χ0n) is 13.4. The van der Waals surface area contributed by atoms with E-state index in [2.05, 4.69) is 10.3 Å². The number of ether oxygens (including phenoxy) is 1. The molecule has 2 aliphatic heterocycles. The van der Waals surface area contributed by atoms with Crippen molar-refractivity contribution in [3.8, 4) is 0 Å². The van der Waals surface area contributed by atoms with E-state index in [0.717, 1.165) is 36.3 Å². The molecule has 0 radical (unpaired) electrons. The van der Waals surface area contributed by atoms with Crippen molar-refractivity contribution < 1.29 is 14.3 Å². The van der Waals surface area contributed by atoms with E-state index >= 15 is 0 Å². The first-order chi connectivity index (χ1) is 11.7. The van der Waals surface area contributed by atoms with Crippen LogP contribution < -0.4 is 5.32 Å². The van der Waals surface area contributed by atoms with E-state index < -0.39 is 5.97 Å². The van der Waals surface area contributed by atoms with Gasteiger partial charge in [0.05, 0.1) is 7.11 Å². The SMILES string of the molecule is COC(=O)c1c(NC(=O)N2Cc3ccccc3C2)nc2n1CCC2. The Morgan fingerprint density at radius 1 is 1.21 bits per heavy atom. The lowest BCUT2D eigenvalue weighted by atomic mass is 10.1. The molecule has 1 aromatic heterocycles. The van der Waals surface area contributed by atoms with Crippen LogP contribution in [0.25, 0.3) is 0 Å². The second kappa shape index (κ2) is 5.67. The minimum atomic E-state index is -0.476. The molecule has 2 aliphatic rings. The minimum absolute atomic E-state index is 0.256. The highest BCUT2D eigenvalue weighted by atomic mass is 16.5. The van der Waals surface area contributed by atoms with E-state index in [-0.39, 0.29) is 11.8 Å². The second-order valence-electron chi connectivity index (χ2n) is 6.03. The second-order valence-corrected chi connectivity index (χ2v) is 6.03. The first-order valence-corrected chi connectivity index (χ1v) is 7.98. The Bertz CT molecular complexity index is 802. The number of methoxy groups -OCH3 is 1. The van der Waals surface area contributed by atoms with E-state index in [4.69, 9.17) is 4.74 Å². The van der Waals surface area contributed by atoms with Gasteiger partial charge in [-0.15, -0.1) is 0 Å². The van der Waals surface area contributed by atoms with Crippen LogP contribution >= 0.6 is 0 Å². The quantitative estimate of drug-likeness (QED) is 0.858. The highest BCUT2D eigenvalue weighted by molar-refractivity contribution is 5.98. The predicted octanol–water partition coefficient (Wildman–Crippen LogP) is 2.16. The molecule has 0 saturated carbocycles. The Hall–Kier alpha value is -2.83. The molecule has 2 aromatic rings. The topological polar surface area (TPSA) is 76.5 Å². The van der Waals surface area contributed by atoms with Gasteiger partial charge in [-0.05, 0) is 17.5 Å². The number of hydrogen-bond acceptors (Lipinski definition) is 4. The summed E-state index contributed by atoms with van der Waals surface area (Å²) >= 11 is 0. The molecule has 7 nitrogen and oxygen atoms in total. The summed E-state index contributed by atoms with van der Waals surface area (Å²) in [7, 11) is 1.33.